The second-order valence-corrected chi connectivity index (χ2v) is 6.64. The molecule has 0 radical (unpaired) electrons. The molecule has 0 saturated heterocycles. The van der Waals surface area contributed by atoms with Crippen molar-refractivity contribution in [1.29, 1.82) is 0 Å². The molecule has 0 bridgehead atoms. The molecule has 5 heteroatoms. The first kappa shape index (κ1) is 14.9. The van der Waals surface area contributed by atoms with Crippen LogP contribution in [0.2, 0.25) is 5.02 Å². The zero-order chi connectivity index (χ0) is 14.8. The van der Waals surface area contributed by atoms with Crippen LogP contribution in [0.15, 0.2) is 47.4 Å². The number of thioether (sulfide) groups is 1. The predicted octanol–water partition coefficient (Wildman–Crippen LogP) is 3.74. The molecule has 0 aliphatic carbocycles. The zero-order valence-electron chi connectivity index (χ0n) is 11.4. The minimum absolute atomic E-state index is 0.0733. The third kappa shape index (κ3) is 3.09. The van der Waals surface area contributed by atoms with Crippen LogP contribution in [0.5, 0.6) is 0 Å². The first-order valence-corrected chi connectivity index (χ1v) is 8.17. The van der Waals surface area contributed by atoms with E-state index in [0.29, 0.717) is 17.4 Å². The minimum Gasteiger partial charge on any atom is -0.271 e. The Hall–Kier alpha value is -1.07. The molecular weight excluding hydrogens is 307 g/mol. The molecule has 21 heavy (non-hydrogen) atoms. The molecule has 0 fully saturated rings. The highest BCUT2D eigenvalue weighted by Crippen LogP contribution is 2.41. The Morgan fingerprint density at radius 3 is 2.90 bits per heavy atom. The van der Waals surface area contributed by atoms with Crippen LogP contribution in [0.3, 0.4) is 0 Å². The van der Waals surface area contributed by atoms with E-state index in [0.717, 1.165) is 11.3 Å². The van der Waals surface area contributed by atoms with Gasteiger partial charge in [-0.2, -0.15) is 0 Å². The summed E-state index contributed by atoms with van der Waals surface area (Å²) in [6, 6.07) is 13.0. The SMILES string of the molecule is NNC(Cc1ccc(F)cc1Cl)C1CSc2ccccc21. The number of hydrogen-bond donors (Lipinski definition) is 2. The van der Waals surface area contributed by atoms with Gasteiger partial charge in [0.05, 0.1) is 0 Å². The fourth-order valence-corrected chi connectivity index (χ4v) is 4.34. The van der Waals surface area contributed by atoms with Gasteiger partial charge in [0.15, 0.2) is 0 Å². The van der Waals surface area contributed by atoms with Gasteiger partial charge >= 0.3 is 0 Å². The molecule has 1 aliphatic rings. The van der Waals surface area contributed by atoms with Gasteiger partial charge in [-0.15, -0.1) is 11.8 Å². The van der Waals surface area contributed by atoms with Gasteiger partial charge < -0.3 is 0 Å². The van der Waals surface area contributed by atoms with E-state index in [1.807, 2.05) is 11.8 Å². The summed E-state index contributed by atoms with van der Waals surface area (Å²) in [5.41, 5.74) is 5.14. The van der Waals surface area contributed by atoms with Crippen molar-refractivity contribution < 1.29 is 4.39 Å². The highest BCUT2D eigenvalue weighted by Gasteiger charge is 2.30. The van der Waals surface area contributed by atoms with E-state index < -0.39 is 0 Å². The summed E-state index contributed by atoms with van der Waals surface area (Å²) in [7, 11) is 0. The number of fused-ring (bicyclic) bond motifs is 1. The third-order valence-corrected chi connectivity index (χ3v) is 5.45. The van der Waals surface area contributed by atoms with E-state index in [9.17, 15) is 4.39 Å². The maximum atomic E-state index is 13.1. The summed E-state index contributed by atoms with van der Waals surface area (Å²) in [5.74, 6) is 6.77. The standard InChI is InChI=1S/C16H16ClFN2S/c17-14-8-11(18)6-5-10(14)7-15(20-19)13-9-21-16-4-2-1-3-12(13)16/h1-6,8,13,15,20H,7,9,19H2. The number of nitrogens with one attached hydrogen (secondary N) is 1. The molecule has 0 saturated carbocycles. The Kier molecular flexibility index (Phi) is 4.50. The minimum atomic E-state index is -0.317. The first-order chi connectivity index (χ1) is 10.2. The summed E-state index contributed by atoms with van der Waals surface area (Å²) in [4.78, 5) is 1.31. The average molecular weight is 323 g/mol. The molecule has 110 valence electrons. The largest absolute Gasteiger partial charge is 0.271 e. The van der Waals surface area contributed by atoms with Gasteiger partial charge in [-0.1, -0.05) is 35.9 Å². The molecule has 2 nitrogen and oxygen atoms in total. The molecule has 1 heterocycles. The molecule has 2 unspecified atom stereocenters. The number of hydrazine groups is 1. The summed E-state index contributed by atoms with van der Waals surface area (Å²) < 4.78 is 13.1. The lowest BCUT2D eigenvalue weighted by molar-refractivity contribution is 0.463. The average Bonchev–Trinajstić information content (AvgIpc) is 2.91. The van der Waals surface area contributed by atoms with Crippen molar-refractivity contribution >= 4 is 23.4 Å². The van der Waals surface area contributed by atoms with Gasteiger partial charge in [-0.05, 0) is 35.7 Å². The van der Waals surface area contributed by atoms with Crippen molar-refractivity contribution in [2.45, 2.75) is 23.3 Å². The Bertz CT molecular complexity index is 650. The van der Waals surface area contributed by atoms with Crippen molar-refractivity contribution in [2.75, 3.05) is 5.75 Å². The molecule has 0 amide bonds. The number of halogens is 2. The molecule has 0 spiro atoms. The van der Waals surface area contributed by atoms with Crippen molar-refractivity contribution in [3.63, 3.8) is 0 Å². The van der Waals surface area contributed by atoms with Crippen LogP contribution < -0.4 is 11.3 Å². The molecule has 2 aromatic carbocycles. The van der Waals surface area contributed by atoms with E-state index in [1.54, 1.807) is 6.07 Å². The topological polar surface area (TPSA) is 38.0 Å². The Morgan fingerprint density at radius 2 is 2.14 bits per heavy atom. The molecule has 3 rings (SSSR count). The fraction of sp³-hybridized carbons (Fsp3) is 0.250. The van der Waals surface area contributed by atoms with Gasteiger partial charge in [-0.25, -0.2) is 4.39 Å². The van der Waals surface area contributed by atoms with Crippen molar-refractivity contribution in [3.8, 4) is 0 Å². The zero-order valence-corrected chi connectivity index (χ0v) is 12.9. The van der Waals surface area contributed by atoms with Crippen LogP contribution in [0.1, 0.15) is 17.0 Å². The number of nitrogens with two attached hydrogens (primary N) is 1. The van der Waals surface area contributed by atoms with Crippen LogP contribution in [0.4, 0.5) is 4.39 Å². The van der Waals surface area contributed by atoms with Crippen LogP contribution in [0.25, 0.3) is 0 Å². The van der Waals surface area contributed by atoms with Crippen LogP contribution in [0, 0.1) is 5.82 Å². The monoisotopic (exact) mass is 322 g/mol. The van der Waals surface area contributed by atoms with Gasteiger partial charge in [0.25, 0.3) is 0 Å². The van der Waals surface area contributed by atoms with Crippen molar-refractivity contribution in [2.24, 2.45) is 5.84 Å². The van der Waals surface area contributed by atoms with E-state index >= 15 is 0 Å². The number of rotatable bonds is 4. The third-order valence-electron chi connectivity index (χ3n) is 3.89. The summed E-state index contributed by atoms with van der Waals surface area (Å²) in [6.07, 6.45) is 0.676. The van der Waals surface area contributed by atoms with E-state index in [2.05, 4.69) is 29.7 Å². The maximum absolute atomic E-state index is 13.1. The van der Waals surface area contributed by atoms with E-state index in [-0.39, 0.29) is 11.9 Å². The van der Waals surface area contributed by atoms with Gasteiger partial charge in [0.1, 0.15) is 5.82 Å². The molecule has 3 N–H and O–H groups in total. The lowest BCUT2D eigenvalue weighted by Gasteiger charge is -2.23. The Morgan fingerprint density at radius 1 is 1.33 bits per heavy atom. The summed E-state index contributed by atoms with van der Waals surface area (Å²) >= 11 is 7.97. The Balaban J connectivity index is 1.83. The smallest absolute Gasteiger partial charge is 0.124 e. The van der Waals surface area contributed by atoms with Crippen LogP contribution in [-0.4, -0.2) is 11.8 Å². The predicted molar refractivity (Wildman–Crippen MR) is 86.1 cm³/mol. The van der Waals surface area contributed by atoms with Crippen molar-refractivity contribution in [3.05, 3.63) is 64.4 Å². The van der Waals surface area contributed by atoms with Gasteiger partial charge in [0.2, 0.25) is 0 Å². The summed E-state index contributed by atoms with van der Waals surface area (Å²) in [6.45, 7) is 0. The second-order valence-electron chi connectivity index (χ2n) is 5.17. The highest BCUT2D eigenvalue weighted by atomic mass is 35.5. The maximum Gasteiger partial charge on any atom is 0.124 e. The number of hydrogen-bond acceptors (Lipinski definition) is 3. The normalized spacial score (nSPS) is 18.5. The number of benzene rings is 2. The van der Waals surface area contributed by atoms with E-state index in [4.69, 9.17) is 17.4 Å². The van der Waals surface area contributed by atoms with Gasteiger partial charge in [0, 0.05) is 27.6 Å². The molecule has 2 atom stereocenters. The molecule has 0 aromatic heterocycles. The van der Waals surface area contributed by atoms with Crippen molar-refractivity contribution in [1.82, 2.24) is 5.43 Å². The quantitative estimate of drug-likeness (QED) is 0.665. The summed E-state index contributed by atoms with van der Waals surface area (Å²) in [5, 5.41) is 0.453. The Labute approximate surface area is 132 Å². The first-order valence-electron chi connectivity index (χ1n) is 6.81. The molecular formula is C16H16ClFN2S. The highest BCUT2D eigenvalue weighted by molar-refractivity contribution is 7.99. The lowest BCUT2D eigenvalue weighted by Crippen LogP contribution is -2.41. The van der Waals surface area contributed by atoms with Crippen LogP contribution in [-0.2, 0) is 6.42 Å². The molecule has 2 aromatic rings. The van der Waals surface area contributed by atoms with Gasteiger partial charge in [-0.3, -0.25) is 11.3 Å². The fourth-order valence-electron chi connectivity index (χ4n) is 2.76. The van der Waals surface area contributed by atoms with E-state index in [1.165, 1.54) is 22.6 Å². The lowest BCUT2D eigenvalue weighted by atomic mass is 9.89. The molecule has 1 aliphatic heterocycles. The second kappa shape index (κ2) is 6.36. The van der Waals surface area contributed by atoms with Crippen LogP contribution >= 0.6 is 23.4 Å².